The lowest BCUT2D eigenvalue weighted by molar-refractivity contribution is -0.165. The minimum atomic E-state index is -1.29. The summed E-state index contributed by atoms with van der Waals surface area (Å²) >= 11 is 1.27. The maximum Gasteiger partial charge on any atom is 0.119 e. The molecule has 0 amide bonds. The van der Waals surface area contributed by atoms with Gasteiger partial charge in [0, 0.05) is 9.81 Å². The van der Waals surface area contributed by atoms with Crippen LogP contribution in [0, 0.1) is 0 Å². The lowest BCUT2D eigenvalue weighted by Crippen LogP contribution is -2.56. The third kappa shape index (κ3) is 3.24. The second-order valence-electron chi connectivity index (χ2n) is 4.33. The van der Waals surface area contributed by atoms with Crippen molar-refractivity contribution in [2.24, 2.45) is 5.11 Å². The van der Waals surface area contributed by atoms with Gasteiger partial charge in [-0.1, -0.05) is 35.1 Å². The Morgan fingerprint density at radius 1 is 1.25 bits per heavy atom. The number of aliphatic hydroxyl groups excluding tert-OH is 3. The van der Waals surface area contributed by atoms with Crippen molar-refractivity contribution in [3.05, 3.63) is 40.8 Å². The van der Waals surface area contributed by atoms with Crippen molar-refractivity contribution in [3.8, 4) is 0 Å². The van der Waals surface area contributed by atoms with Gasteiger partial charge >= 0.3 is 0 Å². The summed E-state index contributed by atoms with van der Waals surface area (Å²) in [5, 5.41) is 32.5. The largest absolute Gasteiger partial charge is 0.394 e. The fourth-order valence-electron chi connectivity index (χ4n) is 1.98. The number of aliphatic hydroxyl groups is 3. The molecule has 1 aliphatic rings. The molecule has 5 atom stereocenters. The van der Waals surface area contributed by atoms with Crippen molar-refractivity contribution in [3.63, 3.8) is 0 Å². The first-order chi connectivity index (χ1) is 9.67. The topological polar surface area (TPSA) is 119 Å². The normalized spacial score (nSPS) is 33.5. The molecular weight excluding hydrogens is 282 g/mol. The maximum atomic E-state index is 10.00. The van der Waals surface area contributed by atoms with E-state index in [1.807, 2.05) is 30.3 Å². The van der Waals surface area contributed by atoms with Gasteiger partial charge in [-0.15, -0.1) is 0 Å². The van der Waals surface area contributed by atoms with Crippen LogP contribution in [0.2, 0.25) is 0 Å². The van der Waals surface area contributed by atoms with E-state index in [9.17, 15) is 15.3 Å². The number of rotatable bonds is 4. The zero-order valence-corrected chi connectivity index (χ0v) is 11.3. The molecule has 0 saturated carbocycles. The van der Waals surface area contributed by atoms with E-state index >= 15 is 0 Å². The van der Waals surface area contributed by atoms with Gasteiger partial charge in [0.1, 0.15) is 23.7 Å². The lowest BCUT2D eigenvalue weighted by Gasteiger charge is -2.40. The molecule has 0 bridgehead atoms. The molecule has 1 aromatic rings. The summed E-state index contributed by atoms with van der Waals surface area (Å²) in [7, 11) is 0. The number of thioether (sulfide) groups is 1. The minimum Gasteiger partial charge on any atom is -0.394 e. The van der Waals surface area contributed by atoms with Gasteiger partial charge in [0.15, 0.2) is 0 Å². The summed E-state index contributed by atoms with van der Waals surface area (Å²) in [5.74, 6) is 0. The molecular formula is C12H15N3O4S. The van der Waals surface area contributed by atoms with Crippen LogP contribution in [0.1, 0.15) is 0 Å². The van der Waals surface area contributed by atoms with Gasteiger partial charge in [0.25, 0.3) is 0 Å². The Morgan fingerprint density at radius 2 is 1.95 bits per heavy atom. The Labute approximate surface area is 119 Å². The average molecular weight is 297 g/mol. The molecule has 2 rings (SSSR count). The van der Waals surface area contributed by atoms with Crippen molar-refractivity contribution in [1.82, 2.24) is 0 Å². The van der Waals surface area contributed by atoms with Gasteiger partial charge in [-0.2, -0.15) is 0 Å². The zero-order chi connectivity index (χ0) is 14.5. The lowest BCUT2D eigenvalue weighted by atomic mass is 9.99. The molecule has 0 spiro atoms. The van der Waals surface area contributed by atoms with Crippen molar-refractivity contribution in [2.75, 3.05) is 6.61 Å². The van der Waals surface area contributed by atoms with E-state index in [0.29, 0.717) is 0 Å². The fourth-order valence-corrected chi connectivity index (χ4v) is 3.12. The third-order valence-electron chi connectivity index (χ3n) is 3.03. The number of ether oxygens (including phenoxy) is 1. The molecule has 108 valence electrons. The summed E-state index contributed by atoms with van der Waals surface area (Å²) in [5.41, 5.74) is 7.90. The first-order valence-electron chi connectivity index (χ1n) is 6.05. The highest BCUT2D eigenvalue weighted by Gasteiger charge is 2.44. The van der Waals surface area contributed by atoms with E-state index in [0.717, 1.165) is 4.90 Å². The number of benzene rings is 1. The van der Waals surface area contributed by atoms with Crippen LogP contribution < -0.4 is 0 Å². The van der Waals surface area contributed by atoms with Gasteiger partial charge in [0.2, 0.25) is 0 Å². The Bertz CT molecular complexity index is 483. The Hall–Kier alpha value is -1.28. The minimum absolute atomic E-state index is 0.424. The van der Waals surface area contributed by atoms with E-state index < -0.39 is 36.4 Å². The average Bonchev–Trinajstić information content (AvgIpc) is 2.47. The maximum absolute atomic E-state index is 10.00. The molecule has 1 unspecified atom stereocenters. The standard InChI is InChI=1S/C12H15N3O4S/c13-15-14-9-11(18)10(17)8(6-16)19-12(9)20-7-4-2-1-3-5-7/h1-5,8-12,16-18H,6H2/t8-,9-,10-,11-,12?/m1/s1. The Balaban J connectivity index is 2.20. The van der Waals surface area contributed by atoms with Gasteiger partial charge in [-0.3, -0.25) is 0 Å². The summed E-state index contributed by atoms with van der Waals surface area (Å²) in [6.07, 6.45) is -3.47. The first kappa shape index (κ1) is 15.1. The molecule has 1 heterocycles. The molecule has 0 radical (unpaired) electrons. The van der Waals surface area contributed by atoms with E-state index in [-0.39, 0.29) is 0 Å². The monoisotopic (exact) mass is 297 g/mol. The van der Waals surface area contributed by atoms with Crippen LogP contribution in [-0.4, -0.2) is 51.7 Å². The van der Waals surface area contributed by atoms with Crippen molar-refractivity contribution in [2.45, 2.75) is 34.7 Å². The van der Waals surface area contributed by atoms with Crippen molar-refractivity contribution in [1.29, 1.82) is 0 Å². The van der Waals surface area contributed by atoms with Crippen LogP contribution in [0.5, 0.6) is 0 Å². The van der Waals surface area contributed by atoms with E-state index in [4.69, 9.17) is 10.3 Å². The highest BCUT2D eigenvalue weighted by molar-refractivity contribution is 7.99. The first-order valence-corrected chi connectivity index (χ1v) is 6.93. The second kappa shape index (κ2) is 6.94. The van der Waals surface area contributed by atoms with Crippen LogP contribution in [0.25, 0.3) is 10.4 Å². The van der Waals surface area contributed by atoms with Crippen LogP contribution >= 0.6 is 11.8 Å². The van der Waals surface area contributed by atoms with E-state index in [1.54, 1.807) is 0 Å². The summed E-state index contributed by atoms with van der Waals surface area (Å²) in [6, 6.07) is 8.35. The van der Waals surface area contributed by atoms with Crippen molar-refractivity contribution >= 4 is 11.8 Å². The molecule has 7 nitrogen and oxygen atoms in total. The number of nitrogens with zero attached hydrogens (tertiary/aromatic N) is 3. The smallest absolute Gasteiger partial charge is 0.119 e. The number of azide groups is 1. The predicted octanol–water partition coefficient (Wildman–Crippen LogP) is 0.897. The SMILES string of the molecule is [N-]=[N+]=N[C@H]1C(Sc2ccccc2)O[C@H](CO)[C@@H](O)[C@@H]1O. The molecule has 1 aromatic carbocycles. The molecule has 1 fully saturated rings. The Kier molecular flexibility index (Phi) is 5.24. The molecule has 1 aliphatic heterocycles. The van der Waals surface area contributed by atoms with Gasteiger partial charge in [-0.05, 0) is 17.7 Å². The molecule has 8 heteroatoms. The molecule has 0 aromatic heterocycles. The Morgan fingerprint density at radius 3 is 2.55 bits per heavy atom. The van der Waals surface area contributed by atoms with Gasteiger partial charge in [0.05, 0.1) is 12.7 Å². The predicted molar refractivity (Wildman–Crippen MR) is 73.0 cm³/mol. The third-order valence-corrected chi connectivity index (χ3v) is 4.20. The summed E-state index contributed by atoms with van der Waals surface area (Å²) < 4.78 is 5.53. The van der Waals surface area contributed by atoms with Crippen LogP contribution in [0.3, 0.4) is 0 Å². The molecule has 20 heavy (non-hydrogen) atoms. The summed E-state index contributed by atoms with van der Waals surface area (Å²) in [6.45, 7) is -0.424. The summed E-state index contributed by atoms with van der Waals surface area (Å²) in [4.78, 5) is 3.56. The fraction of sp³-hybridized carbons (Fsp3) is 0.500. The van der Waals surface area contributed by atoms with E-state index in [2.05, 4.69) is 10.0 Å². The van der Waals surface area contributed by atoms with Crippen molar-refractivity contribution < 1.29 is 20.1 Å². The van der Waals surface area contributed by atoms with Crippen LogP contribution in [0.4, 0.5) is 0 Å². The second-order valence-corrected chi connectivity index (χ2v) is 5.50. The zero-order valence-electron chi connectivity index (χ0n) is 10.5. The molecule has 1 saturated heterocycles. The number of hydrogen-bond acceptors (Lipinski definition) is 6. The highest BCUT2D eigenvalue weighted by atomic mass is 32.2. The molecule has 3 N–H and O–H groups in total. The van der Waals surface area contributed by atoms with Crippen LogP contribution in [-0.2, 0) is 4.74 Å². The van der Waals surface area contributed by atoms with Crippen LogP contribution in [0.15, 0.2) is 40.3 Å². The van der Waals surface area contributed by atoms with E-state index in [1.165, 1.54) is 11.8 Å². The molecule has 0 aliphatic carbocycles. The van der Waals surface area contributed by atoms with Gasteiger partial charge < -0.3 is 20.1 Å². The van der Waals surface area contributed by atoms with Gasteiger partial charge in [-0.25, -0.2) is 0 Å². The number of hydrogen-bond donors (Lipinski definition) is 3. The quantitative estimate of drug-likeness (QED) is 0.433. The highest BCUT2D eigenvalue weighted by Crippen LogP contribution is 2.34.